The molecule has 0 N–H and O–H groups in total. The zero-order valence-electron chi connectivity index (χ0n) is 7.86. The molecule has 2 aliphatic rings. The molecule has 0 bridgehead atoms. The molecule has 2 heterocycles. The molecule has 2 rings (SSSR count). The number of hydrogen-bond donors (Lipinski definition) is 0. The fraction of sp³-hybridized carbons (Fsp3) is 0.300. The SMILES string of the molecule is CCOC(=O)C1=CN=C2C=NC=C2C1. The zero-order valence-corrected chi connectivity index (χ0v) is 7.86. The molecule has 0 aromatic carbocycles. The second-order valence-electron chi connectivity index (χ2n) is 3.00. The molecule has 72 valence electrons. The van der Waals surface area contributed by atoms with Crippen molar-refractivity contribution in [3.05, 3.63) is 23.5 Å². The van der Waals surface area contributed by atoms with Crippen LogP contribution in [0.15, 0.2) is 33.5 Å². The number of nitrogens with zero attached hydrogens (tertiary/aromatic N) is 2. The molecule has 4 heteroatoms. The molecule has 0 radical (unpaired) electrons. The molecule has 0 aliphatic carbocycles. The fourth-order valence-electron chi connectivity index (χ4n) is 1.35. The standard InChI is InChI=1S/C10H10N2O2/c1-2-14-10(13)8-3-7-4-11-6-9(7)12-5-8/h4-6H,2-3H2,1H3. The van der Waals surface area contributed by atoms with Crippen LogP contribution in [0.4, 0.5) is 0 Å². The van der Waals surface area contributed by atoms with Crippen molar-refractivity contribution in [2.75, 3.05) is 6.61 Å². The number of carbonyl (C=O) groups excluding carboxylic acids is 1. The monoisotopic (exact) mass is 190 g/mol. The van der Waals surface area contributed by atoms with E-state index < -0.39 is 0 Å². The van der Waals surface area contributed by atoms with E-state index >= 15 is 0 Å². The first-order valence-electron chi connectivity index (χ1n) is 4.48. The van der Waals surface area contributed by atoms with Gasteiger partial charge in [-0.25, -0.2) is 4.79 Å². The Morgan fingerprint density at radius 3 is 3.21 bits per heavy atom. The van der Waals surface area contributed by atoms with E-state index in [2.05, 4.69) is 9.98 Å². The number of aliphatic imine (C=N–C) groups is 2. The van der Waals surface area contributed by atoms with Crippen LogP contribution in [0.1, 0.15) is 13.3 Å². The maximum absolute atomic E-state index is 11.4. The maximum Gasteiger partial charge on any atom is 0.335 e. The average Bonchev–Trinajstić information content (AvgIpc) is 2.64. The summed E-state index contributed by atoms with van der Waals surface area (Å²) in [5.74, 6) is -0.289. The van der Waals surface area contributed by atoms with Gasteiger partial charge in [0.2, 0.25) is 0 Å². The van der Waals surface area contributed by atoms with Gasteiger partial charge >= 0.3 is 5.97 Å². The van der Waals surface area contributed by atoms with Gasteiger partial charge in [-0.1, -0.05) is 0 Å². The van der Waals surface area contributed by atoms with E-state index in [4.69, 9.17) is 4.74 Å². The van der Waals surface area contributed by atoms with Gasteiger partial charge in [0.15, 0.2) is 0 Å². The lowest BCUT2D eigenvalue weighted by atomic mass is 10.0. The predicted octanol–water partition coefficient (Wildman–Crippen LogP) is 1.25. The van der Waals surface area contributed by atoms with Gasteiger partial charge in [-0.2, -0.15) is 0 Å². The molecule has 0 fully saturated rings. The van der Waals surface area contributed by atoms with E-state index in [1.54, 1.807) is 25.5 Å². The van der Waals surface area contributed by atoms with Crippen LogP contribution in [0.2, 0.25) is 0 Å². The average molecular weight is 190 g/mol. The van der Waals surface area contributed by atoms with Crippen LogP contribution in [-0.2, 0) is 9.53 Å². The molecule has 0 saturated carbocycles. The molecule has 0 spiro atoms. The Morgan fingerprint density at radius 2 is 2.43 bits per heavy atom. The summed E-state index contributed by atoms with van der Waals surface area (Å²) in [6.07, 6.45) is 5.54. The summed E-state index contributed by atoms with van der Waals surface area (Å²) in [7, 11) is 0. The molecule has 14 heavy (non-hydrogen) atoms. The number of esters is 1. The van der Waals surface area contributed by atoms with Gasteiger partial charge in [-0.15, -0.1) is 0 Å². The Balaban J connectivity index is 2.15. The molecule has 0 atom stereocenters. The van der Waals surface area contributed by atoms with Crippen molar-refractivity contribution in [3.63, 3.8) is 0 Å². The Morgan fingerprint density at radius 1 is 1.57 bits per heavy atom. The molecular weight excluding hydrogens is 180 g/mol. The third-order valence-electron chi connectivity index (χ3n) is 2.03. The van der Waals surface area contributed by atoms with Crippen LogP contribution in [0.3, 0.4) is 0 Å². The highest BCUT2D eigenvalue weighted by atomic mass is 16.5. The Labute approximate surface area is 81.7 Å². The number of fused-ring (bicyclic) bond motifs is 1. The van der Waals surface area contributed by atoms with Gasteiger partial charge in [-0.05, 0) is 6.92 Å². The predicted molar refractivity (Wildman–Crippen MR) is 53.3 cm³/mol. The van der Waals surface area contributed by atoms with Crippen LogP contribution < -0.4 is 0 Å². The molecule has 2 aliphatic heterocycles. The molecule has 4 nitrogen and oxygen atoms in total. The smallest absolute Gasteiger partial charge is 0.335 e. The van der Waals surface area contributed by atoms with E-state index in [1.807, 2.05) is 0 Å². The molecule has 0 aromatic heterocycles. The Hall–Kier alpha value is -1.71. The summed E-state index contributed by atoms with van der Waals surface area (Å²) >= 11 is 0. The third kappa shape index (κ3) is 1.51. The van der Waals surface area contributed by atoms with Crippen molar-refractivity contribution in [2.24, 2.45) is 9.98 Å². The first kappa shape index (κ1) is 8.87. The van der Waals surface area contributed by atoms with Crippen LogP contribution in [0.5, 0.6) is 0 Å². The minimum absolute atomic E-state index is 0.289. The number of rotatable bonds is 2. The van der Waals surface area contributed by atoms with E-state index in [9.17, 15) is 4.79 Å². The largest absolute Gasteiger partial charge is 0.463 e. The Bertz CT molecular complexity index is 389. The topological polar surface area (TPSA) is 51.0 Å². The van der Waals surface area contributed by atoms with Crippen molar-refractivity contribution < 1.29 is 9.53 Å². The maximum atomic E-state index is 11.4. The van der Waals surface area contributed by atoms with E-state index in [-0.39, 0.29) is 5.97 Å². The van der Waals surface area contributed by atoms with Crippen molar-refractivity contribution in [1.82, 2.24) is 0 Å². The molecule has 0 amide bonds. The molecule has 0 aromatic rings. The van der Waals surface area contributed by atoms with Crippen molar-refractivity contribution in [2.45, 2.75) is 13.3 Å². The first-order valence-corrected chi connectivity index (χ1v) is 4.48. The van der Waals surface area contributed by atoms with Gasteiger partial charge in [0.05, 0.1) is 24.1 Å². The van der Waals surface area contributed by atoms with E-state index in [0.29, 0.717) is 18.6 Å². The highest BCUT2D eigenvalue weighted by Gasteiger charge is 2.20. The lowest BCUT2D eigenvalue weighted by Gasteiger charge is -2.10. The molecular formula is C10H10N2O2. The number of allylic oxidation sites excluding steroid dienone is 1. The number of hydrogen-bond acceptors (Lipinski definition) is 4. The van der Waals surface area contributed by atoms with Crippen LogP contribution in [0, 0.1) is 0 Å². The summed E-state index contributed by atoms with van der Waals surface area (Å²) in [6, 6.07) is 0. The van der Waals surface area contributed by atoms with Crippen LogP contribution in [0.25, 0.3) is 0 Å². The third-order valence-corrected chi connectivity index (χ3v) is 2.03. The number of ether oxygens (including phenoxy) is 1. The minimum Gasteiger partial charge on any atom is -0.463 e. The fourth-order valence-corrected chi connectivity index (χ4v) is 1.35. The van der Waals surface area contributed by atoms with E-state index in [0.717, 1.165) is 11.3 Å². The lowest BCUT2D eigenvalue weighted by Crippen LogP contribution is -2.13. The van der Waals surface area contributed by atoms with Crippen molar-refractivity contribution >= 4 is 17.9 Å². The second kappa shape index (κ2) is 3.57. The number of carbonyl (C=O) groups is 1. The van der Waals surface area contributed by atoms with Gasteiger partial charge in [0, 0.05) is 24.4 Å². The normalized spacial score (nSPS) is 18.2. The summed E-state index contributed by atoms with van der Waals surface area (Å²) in [4.78, 5) is 19.4. The van der Waals surface area contributed by atoms with Gasteiger partial charge in [0.1, 0.15) is 0 Å². The van der Waals surface area contributed by atoms with E-state index in [1.165, 1.54) is 0 Å². The van der Waals surface area contributed by atoms with Crippen LogP contribution in [-0.4, -0.2) is 24.5 Å². The Kier molecular flexibility index (Phi) is 2.26. The van der Waals surface area contributed by atoms with Gasteiger partial charge in [-0.3, -0.25) is 9.98 Å². The summed E-state index contributed by atoms with van der Waals surface area (Å²) in [6.45, 7) is 2.18. The van der Waals surface area contributed by atoms with Gasteiger partial charge in [0.25, 0.3) is 0 Å². The first-order chi connectivity index (χ1) is 6.81. The molecule has 0 unspecified atom stereocenters. The quantitative estimate of drug-likeness (QED) is 0.615. The summed E-state index contributed by atoms with van der Waals surface area (Å²) in [5, 5.41) is 0. The summed E-state index contributed by atoms with van der Waals surface area (Å²) in [5.41, 5.74) is 2.42. The summed E-state index contributed by atoms with van der Waals surface area (Å²) < 4.78 is 4.89. The van der Waals surface area contributed by atoms with Crippen molar-refractivity contribution in [1.29, 1.82) is 0 Å². The van der Waals surface area contributed by atoms with Gasteiger partial charge < -0.3 is 4.74 Å². The van der Waals surface area contributed by atoms with Crippen LogP contribution >= 0.6 is 0 Å². The zero-order chi connectivity index (χ0) is 9.97. The highest BCUT2D eigenvalue weighted by Crippen LogP contribution is 2.21. The highest BCUT2D eigenvalue weighted by molar-refractivity contribution is 6.40. The minimum atomic E-state index is -0.289. The molecule has 0 saturated heterocycles. The second-order valence-corrected chi connectivity index (χ2v) is 3.00. The van der Waals surface area contributed by atoms with Crippen molar-refractivity contribution in [3.8, 4) is 0 Å². The lowest BCUT2D eigenvalue weighted by molar-refractivity contribution is -0.138.